The topological polar surface area (TPSA) is 149 Å². The summed E-state index contributed by atoms with van der Waals surface area (Å²) in [4.78, 5) is 13.3. The molecule has 5 N–H and O–H groups in total. The number of carbonyl (C=O) groups is 1. The van der Waals surface area contributed by atoms with Gasteiger partial charge in [0.15, 0.2) is 0 Å². The minimum Gasteiger partial charge on any atom is -0.397 e. The maximum atomic E-state index is 13.3. The SMILES string of the molecule is Cc1c(C[C@@H](C(=O)Nc2ccc(-c3ccccc3C#N)cc2Cl)N(C)S(C)(=O)=O)ccc(NO)c1N. The first kappa shape index (κ1) is 27.0. The number of benzene rings is 3. The van der Waals surface area contributed by atoms with Gasteiger partial charge < -0.3 is 11.1 Å². The third kappa shape index (κ3) is 5.78. The number of carbonyl (C=O) groups excluding carboxylic acids is 1. The second-order valence-electron chi connectivity index (χ2n) is 8.26. The van der Waals surface area contributed by atoms with Crippen LogP contribution in [0.5, 0.6) is 0 Å². The number of hydrogen-bond acceptors (Lipinski definition) is 7. The van der Waals surface area contributed by atoms with Gasteiger partial charge in [-0.1, -0.05) is 41.9 Å². The highest BCUT2D eigenvalue weighted by Gasteiger charge is 2.30. The van der Waals surface area contributed by atoms with Crippen LogP contribution in [0.3, 0.4) is 0 Å². The van der Waals surface area contributed by atoms with Crippen molar-refractivity contribution in [2.45, 2.75) is 19.4 Å². The van der Waals surface area contributed by atoms with Crippen molar-refractivity contribution < 1.29 is 18.4 Å². The lowest BCUT2D eigenvalue weighted by Gasteiger charge is -2.26. The van der Waals surface area contributed by atoms with E-state index in [2.05, 4.69) is 11.4 Å². The Morgan fingerprint density at radius 3 is 2.47 bits per heavy atom. The molecule has 3 aromatic rings. The Labute approximate surface area is 215 Å². The smallest absolute Gasteiger partial charge is 0.243 e. The first-order valence-electron chi connectivity index (χ1n) is 10.8. The van der Waals surface area contributed by atoms with Crippen LogP contribution in [0.2, 0.25) is 5.02 Å². The lowest BCUT2D eigenvalue weighted by molar-refractivity contribution is -0.119. The molecule has 0 heterocycles. The molecule has 0 aliphatic rings. The monoisotopic (exact) mass is 527 g/mol. The Bertz CT molecular complexity index is 1450. The predicted molar refractivity (Wildman–Crippen MR) is 141 cm³/mol. The van der Waals surface area contributed by atoms with Crippen molar-refractivity contribution in [1.29, 1.82) is 5.26 Å². The van der Waals surface area contributed by atoms with E-state index < -0.39 is 22.0 Å². The van der Waals surface area contributed by atoms with Gasteiger partial charge in [-0.25, -0.2) is 8.42 Å². The molecule has 0 aliphatic heterocycles. The highest BCUT2D eigenvalue weighted by Crippen LogP contribution is 2.31. The third-order valence-corrected chi connectivity index (χ3v) is 7.62. The van der Waals surface area contributed by atoms with Crippen LogP contribution in [0.4, 0.5) is 17.1 Å². The van der Waals surface area contributed by atoms with Crippen LogP contribution in [-0.4, -0.2) is 43.2 Å². The first-order chi connectivity index (χ1) is 17.0. The van der Waals surface area contributed by atoms with Crippen LogP contribution in [0.25, 0.3) is 11.1 Å². The minimum atomic E-state index is -3.73. The quantitative estimate of drug-likeness (QED) is 0.255. The zero-order valence-electron chi connectivity index (χ0n) is 19.9. The third-order valence-electron chi connectivity index (χ3n) is 6.01. The fourth-order valence-corrected chi connectivity index (χ4v) is 4.61. The Hall–Kier alpha value is -3.62. The average molecular weight is 528 g/mol. The molecule has 0 aromatic heterocycles. The molecule has 0 unspecified atom stereocenters. The number of nitrogens with zero attached hydrogens (tertiary/aromatic N) is 2. The van der Waals surface area contributed by atoms with Gasteiger partial charge in [0, 0.05) is 7.05 Å². The number of hydrogen-bond donors (Lipinski definition) is 4. The van der Waals surface area contributed by atoms with Gasteiger partial charge in [-0.3, -0.25) is 15.5 Å². The van der Waals surface area contributed by atoms with E-state index in [-0.39, 0.29) is 17.1 Å². The van der Waals surface area contributed by atoms with Gasteiger partial charge in [-0.2, -0.15) is 9.57 Å². The zero-order valence-corrected chi connectivity index (χ0v) is 21.5. The number of halogens is 1. The molecular formula is C25H26ClN5O4S. The van der Waals surface area contributed by atoms with E-state index >= 15 is 0 Å². The van der Waals surface area contributed by atoms with E-state index in [1.165, 1.54) is 7.05 Å². The van der Waals surface area contributed by atoms with Crippen LogP contribution < -0.4 is 16.5 Å². The van der Waals surface area contributed by atoms with Crippen LogP contribution in [0, 0.1) is 18.3 Å². The predicted octanol–water partition coefficient (Wildman–Crippen LogP) is 4.01. The van der Waals surface area contributed by atoms with Crippen molar-refractivity contribution in [1.82, 2.24) is 4.31 Å². The van der Waals surface area contributed by atoms with E-state index in [9.17, 15) is 23.7 Å². The maximum Gasteiger partial charge on any atom is 0.243 e. The maximum absolute atomic E-state index is 13.3. The highest BCUT2D eigenvalue weighted by atomic mass is 35.5. The summed E-state index contributed by atoms with van der Waals surface area (Å²) in [5, 5.41) is 21.5. The van der Waals surface area contributed by atoms with Crippen LogP contribution in [0.15, 0.2) is 54.6 Å². The number of sulfonamides is 1. The summed E-state index contributed by atoms with van der Waals surface area (Å²) in [5.74, 6) is -0.586. The molecule has 0 saturated heterocycles. The summed E-state index contributed by atoms with van der Waals surface area (Å²) in [7, 11) is -2.41. The number of nitrogens with one attached hydrogen (secondary N) is 2. The Kier molecular flexibility index (Phi) is 8.22. The number of nitrogen functional groups attached to an aromatic ring is 1. The fourth-order valence-electron chi connectivity index (χ4n) is 3.75. The standard InChI is InChI=1S/C25H26ClN5O4S/c1-15-16(8-11-22(30-33)24(15)28)13-23(31(2)36(3,34)35)25(32)29-21-10-9-17(12-20(21)26)19-7-5-4-6-18(19)14-27/h4-12,23,30,33H,13,28H2,1-3H3,(H,29,32)/t23-/m0/s1. The molecule has 3 aromatic carbocycles. The molecule has 188 valence electrons. The lowest BCUT2D eigenvalue weighted by atomic mass is 9.98. The van der Waals surface area contributed by atoms with Crippen molar-refractivity contribution in [3.63, 3.8) is 0 Å². The number of nitrogens with two attached hydrogens (primary N) is 1. The Morgan fingerprint density at radius 1 is 1.19 bits per heavy atom. The summed E-state index contributed by atoms with van der Waals surface area (Å²) < 4.78 is 25.6. The van der Waals surface area contributed by atoms with Crippen molar-refractivity contribution >= 4 is 44.6 Å². The fraction of sp³-hybridized carbons (Fsp3) is 0.200. The highest BCUT2D eigenvalue weighted by molar-refractivity contribution is 7.88. The molecule has 1 atom stereocenters. The number of amides is 1. The Morgan fingerprint density at radius 2 is 1.86 bits per heavy atom. The number of rotatable bonds is 8. The van der Waals surface area contributed by atoms with Crippen LogP contribution in [-0.2, 0) is 21.2 Å². The minimum absolute atomic E-state index is 0.0302. The normalized spacial score (nSPS) is 12.1. The second kappa shape index (κ2) is 11.0. The summed E-state index contributed by atoms with van der Waals surface area (Å²) >= 11 is 6.46. The van der Waals surface area contributed by atoms with Gasteiger partial charge in [-0.15, -0.1) is 0 Å². The molecule has 9 nitrogen and oxygen atoms in total. The van der Waals surface area contributed by atoms with Gasteiger partial charge in [-0.05, 0) is 59.9 Å². The van der Waals surface area contributed by atoms with E-state index in [4.69, 9.17) is 17.3 Å². The summed E-state index contributed by atoms with van der Waals surface area (Å²) in [5.41, 5.74) is 12.0. The van der Waals surface area contributed by atoms with E-state index in [0.717, 1.165) is 10.6 Å². The molecule has 3 rings (SSSR count). The van der Waals surface area contributed by atoms with Gasteiger partial charge >= 0.3 is 0 Å². The van der Waals surface area contributed by atoms with Crippen LogP contribution in [0.1, 0.15) is 16.7 Å². The number of nitriles is 1. The van der Waals surface area contributed by atoms with Crippen molar-refractivity contribution in [2.75, 3.05) is 29.8 Å². The van der Waals surface area contributed by atoms with Crippen LogP contribution >= 0.6 is 11.6 Å². The van der Waals surface area contributed by atoms with Gasteiger partial charge in [0.1, 0.15) is 6.04 Å². The van der Waals surface area contributed by atoms with E-state index in [0.29, 0.717) is 39.2 Å². The lowest BCUT2D eigenvalue weighted by Crippen LogP contribution is -2.46. The zero-order chi connectivity index (χ0) is 26.6. The van der Waals surface area contributed by atoms with Crippen molar-refractivity contribution in [3.8, 4) is 17.2 Å². The molecule has 0 fully saturated rings. The molecule has 1 amide bonds. The molecule has 0 radical (unpaired) electrons. The number of anilines is 3. The van der Waals surface area contributed by atoms with Gasteiger partial charge in [0.05, 0.1) is 40.0 Å². The van der Waals surface area contributed by atoms with E-state index in [1.54, 1.807) is 55.5 Å². The molecule has 0 spiro atoms. The second-order valence-corrected chi connectivity index (χ2v) is 10.7. The first-order valence-corrected chi connectivity index (χ1v) is 13.0. The number of likely N-dealkylation sites (N-methyl/N-ethyl adjacent to an activating group) is 1. The molecular weight excluding hydrogens is 502 g/mol. The molecule has 36 heavy (non-hydrogen) atoms. The summed E-state index contributed by atoms with van der Waals surface area (Å²) in [6.07, 6.45) is 1.05. The summed E-state index contributed by atoms with van der Waals surface area (Å²) in [6.45, 7) is 1.72. The molecule has 11 heteroatoms. The van der Waals surface area contributed by atoms with E-state index in [1.807, 2.05) is 11.5 Å². The Balaban J connectivity index is 1.93. The largest absolute Gasteiger partial charge is 0.397 e. The summed E-state index contributed by atoms with van der Waals surface area (Å²) in [6, 6.07) is 16.3. The van der Waals surface area contributed by atoms with Crippen molar-refractivity contribution in [3.05, 3.63) is 76.3 Å². The van der Waals surface area contributed by atoms with Gasteiger partial charge in [0.25, 0.3) is 0 Å². The molecule has 0 saturated carbocycles. The van der Waals surface area contributed by atoms with Gasteiger partial charge in [0.2, 0.25) is 15.9 Å². The average Bonchev–Trinajstić information content (AvgIpc) is 2.85. The van der Waals surface area contributed by atoms with Crippen molar-refractivity contribution in [2.24, 2.45) is 0 Å². The molecule has 0 bridgehead atoms. The molecule has 0 aliphatic carbocycles.